The van der Waals surface area contributed by atoms with Crippen molar-refractivity contribution in [2.45, 2.75) is 13.1 Å². The van der Waals surface area contributed by atoms with Crippen LogP contribution in [-0.2, 0) is 20.1 Å². The molecule has 0 amide bonds. The number of benzene rings is 1. The average Bonchev–Trinajstić information content (AvgIpc) is 2.92. The van der Waals surface area contributed by atoms with Crippen molar-refractivity contribution < 1.29 is 9.47 Å². The number of guanidine groups is 1. The molecule has 0 bridgehead atoms. The van der Waals surface area contributed by atoms with E-state index in [4.69, 9.17) is 21.1 Å². The third kappa shape index (κ3) is 4.60. The second kappa shape index (κ2) is 8.67. The molecule has 1 aromatic heterocycles. The Morgan fingerprint density at radius 2 is 2.08 bits per heavy atom. The highest BCUT2D eigenvalue weighted by Gasteiger charge is 2.13. The summed E-state index contributed by atoms with van der Waals surface area (Å²) in [6, 6.07) is 7.77. The highest BCUT2D eigenvalue weighted by atomic mass is 35.5. The lowest BCUT2D eigenvalue weighted by Gasteiger charge is -2.23. The van der Waals surface area contributed by atoms with Crippen LogP contribution in [0.1, 0.15) is 11.3 Å². The molecule has 0 radical (unpaired) electrons. The van der Waals surface area contributed by atoms with Gasteiger partial charge in [-0.15, -0.1) is 0 Å². The predicted molar refractivity (Wildman–Crippen MR) is 102 cm³/mol. The van der Waals surface area contributed by atoms with Gasteiger partial charge in [-0.05, 0) is 12.1 Å². The van der Waals surface area contributed by atoms with Crippen molar-refractivity contribution >= 4 is 17.6 Å². The Kier molecular flexibility index (Phi) is 6.58. The number of halogens is 1. The van der Waals surface area contributed by atoms with Crippen molar-refractivity contribution in [2.24, 2.45) is 12.0 Å². The number of nitrogens with zero attached hydrogens (tertiary/aromatic N) is 3. The fourth-order valence-corrected chi connectivity index (χ4v) is 2.97. The Labute approximate surface area is 154 Å². The molecular formula is C18H25ClN4O2. The molecule has 0 saturated heterocycles. The van der Waals surface area contributed by atoms with Crippen LogP contribution in [0.3, 0.4) is 0 Å². The van der Waals surface area contributed by atoms with E-state index < -0.39 is 0 Å². The van der Waals surface area contributed by atoms with Crippen LogP contribution in [0.2, 0.25) is 5.02 Å². The second-order valence-electron chi connectivity index (χ2n) is 5.67. The first-order valence-electron chi connectivity index (χ1n) is 7.92. The SMILES string of the molecule is CN=C(NCc1cccc(OC)c1OC)N(C)Cc1cc(Cl)cn1C. The first-order valence-corrected chi connectivity index (χ1v) is 8.30. The van der Waals surface area contributed by atoms with Gasteiger partial charge < -0.3 is 24.3 Å². The van der Waals surface area contributed by atoms with Gasteiger partial charge in [0.15, 0.2) is 17.5 Å². The van der Waals surface area contributed by atoms with Gasteiger partial charge in [0.2, 0.25) is 0 Å². The first-order chi connectivity index (χ1) is 12.0. The molecule has 0 unspecified atom stereocenters. The van der Waals surface area contributed by atoms with Crippen molar-refractivity contribution in [3.63, 3.8) is 0 Å². The Morgan fingerprint density at radius 3 is 2.64 bits per heavy atom. The summed E-state index contributed by atoms with van der Waals surface area (Å²) in [4.78, 5) is 6.39. The quantitative estimate of drug-likeness (QED) is 0.632. The standard InChI is InChI=1S/C18H25ClN4O2/c1-20-18(23(3)12-15-9-14(19)11-22(15)2)21-10-13-7-6-8-16(24-4)17(13)25-5/h6-9,11H,10,12H2,1-5H3,(H,20,21). The molecule has 1 N–H and O–H groups in total. The van der Waals surface area contributed by atoms with Crippen molar-refractivity contribution in [2.75, 3.05) is 28.3 Å². The monoisotopic (exact) mass is 364 g/mol. The Balaban J connectivity index is 2.06. The summed E-state index contributed by atoms with van der Waals surface area (Å²) in [7, 11) is 9.00. The van der Waals surface area contributed by atoms with Gasteiger partial charge in [0.05, 0.1) is 25.8 Å². The van der Waals surface area contributed by atoms with E-state index in [2.05, 4.69) is 10.3 Å². The highest BCUT2D eigenvalue weighted by molar-refractivity contribution is 6.30. The third-order valence-corrected chi connectivity index (χ3v) is 4.18. The topological polar surface area (TPSA) is 51.0 Å². The Hall–Kier alpha value is -2.34. The maximum absolute atomic E-state index is 6.05. The molecule has 1 aromatic carbocycles. The molecular weight excluding hydrogens is 340 g/mol. The lowest BCUT2D eigenvalue weighted by molar-refractivity contribution is 0.351. The highest BCUT2D eigenvalue weighted by Crippen LogP contribution is 2.30. The van der Waals surface area contributed by atoms with Gasteiger partial charge in [-0.25, -0.2) is 0 Å². The van der Waals surface area contributed by atoms with E-state index in [9.17, 15) is 0 Å². The van der Waals surface area contributed by atoms with E-state index in [1.807, 2.05) is 54.0 Å². The molecule has 0 aliphatic carbocycles. The fourth-order valence-electron chi connectivity index (χ4n) is 2.69. The first kappa shape index (κ1) is 19.0. The van der Waals surface area contributed by atoms with E-state index in [1.165, 1.54) is 0 Å². The molecule has 1 heterocycles. The van der Waals surface area contributed by atoms with Gasteiger partial charge in [0, 0.05) is 45.1 Å². The summed E-state index contributed by atoms with van der Waals surface area (Å²) in [5.74, 6) is 2.22. The van der Waals surface area contributed by atoms with Crippen LogP contribution in [0.5, 0.6) is 11.5 Å². The number of para-hydroxylation sites is 1. The number of rotatable bonds is 6. The summed E-state index contributed by atoms with van der Waals surface area (Å²) in [5, 5.41) is 4.09. The van der Waals surface area contributed by atoms with Crippen LogP contribution in [0.25, 0.3) is 0 Å². The van der Waals surface area contributed by atoms with E-state index in [1.54, 1.807) is 21.3 Å². The van der Waals surface area contributed by atoms with E-state index in [-0.39, 0.29) is 0 Å². The molecule has 6 nitrogen and oxygen atoms in total. The summed E-state index contributed by atoms with van der Waals surface area (Å²) < 4.78 is 12.8. The molecule has 7 heteroatoms. The number of hydrogen-bond acceptors (Lipinski definition) is 3. The smallest absolute Gasteiger partial charge is 0.194 e. The van der Waals surface area contributed by atoms with Gasteiger partial charge in [0.25, 0.3) is 0 Å². The third-order valence-electron chi connectivity index (χ3n) is 3.97. The van der Waals surface area contributed by atoms with Crippen molar-refractivity contribution in [3.8, 4) is 11.5 Å². The number of aliphatic imine (C=N–C) groups is 1. The molecule has 0 fully saturated rings. The zero-order chi connectivity index (χ0) is 18.4. The lowest BCUT2D eigenvalue weighted by Crippen LogP contribution is -2.38. The maximum atomic E-state index is 6.05. The number of ether oxygens (including phenoxy) is 2. The fraction of sp³-hybridized carbons (Fsp3) is 0.389. The number of nitrogens with one attached hydrogen (secondary N) is 1. The Bertz CT molecular complexity index is 743. The minimum Gasteiger partial charge on any atom is -0.493 e. The largest absolute Gasteiger partial charge is 0.493 e. The Morgan fingerprint density at radius 1 is 1.32 bits per heavy atom. The van der Waals surface area contributed by atoms with Crippen LogP contribution < -0.4 is 14.8 Å². The molecule has 136 valence electrons. The molecule has 0 saturated carbocycles. The summed E-state index contributed by atoms with van der Waals surface area (Å²) in [6.07, 6.45) is 1.89. The van der Waals surface area contributed by atoms with Crippen molar-refractivity contribution in [3.05, 3.63) is 46.7 Å². The molecule has 0 aliphatic rings. The van der Waals surface area contributed by atoms with Crippen LogP contribution in [0.15, 0.2) is 35.5 Å². The number of methoxy groups -OCH3 is 2. The number of aryl methyl sites for hydroxylation is 1. The predicted octanol–water partition coefficient (Wildman–Crippen LogP) is 2.90. The molecule has 25 heavy (non-hydrogen) atoms. The molecule has 0 atom stereocenters. The van der Waals surface area contributed by atoms with Gasteiger partial charge in [-0.2, -0.15) is 0 Å². The zero-order valence-corrected chi connectivity index (χ0v) is 16.1. The minimum absolute atomic E-state index is 0.575. The normalized spacial score (nSPS) is 11.4. The minimum atomic E-state index is 0.575. The number of hydrogen-bond donors (Lipinski definition) is 1. The van der Waals surface area contributed by atoms with Crippen molar-refractivity contribution in [1.29, 1.82) is 0 Å². The van der Waals surface area contributed by atoms with E-state index in [0.717, 1.165) is 28.0 Å². The summed E-state index contributed by atoms with van der Waals surface area (Å²) in [6.45, 7) is 1.27. The average molecular weight is 365 g/mol. The maximum Gasteiger partial charge on any atom is 0.194 e. The van der Waals surface area contributed by atoms with Crippen LogP contribution in [-0.4, -0.2) is 43.7 Å². The molecule has 2 aromatic rings. The zero-order valence-electron chi connectivity index (χ0n) is 15.3. The second-order valence-corrected chi connectivity index (χ2v) is 6.11. The van der Waals surface area contributed by atoms with Gasteiger partial charge >= 0.3 is 0 Å². The van der Waals surface area contributed by atoms with Crippen LogP contribution in [0, 0.1) is 0 Å². The van der Waals surface area contributed by atoms with Gasteiger partial charge in [0.1, 0.15) is 0 Å². The molecule has 2 rings (SSSR count). The lowest BCUT2D eigenvalue weighted by atomic mass is 10.2. The van der Waals surface area contributed by atoms with Gasteiger partial charge in [-0.1, -0.05) is 23.7 Å². The number of aromatic nitrogens is 1. The summed E-state index contributed by atoms with van der Waals surface area (Å²) >= 11 is 6.05. The van der Waals surface area contributed by atoms with E-state index >= 15 is 0 Å². The van der Waals surface area contributed by atoms with Crippen LogP contribution >= 0.6 is 11.6 Å². The van der Waals surface area contributed by atoms with Gasteiger partial charge in [-0.3, -0.25) is 4.99 Å². The summed E-state index contributed by atoms with van der Waals surface area (Å²) in [5.41, 5.74) is 2.10. The van der Waals surface area contributed by atoms with E-state index in [0.29, 0.717) is 18.8 Å². The van der Waals surface area contributed by atoms with Crippen LogP contribution in [0.4, 0.5) is 0 Å². The molecule has 0 aliphatic heterocycles. The molecule has 0 spiro atoms. The van der Waals surface area contributed by atoms with Crippen molar-refractivity contribution in [1.82, 2.24) is 14.8 Å².